The molecule has 1 atom stereocenters. The molecule has 0 aliphatic rings. The topological polar surface area (TPSA) is 58.6 Å². The summed E-state index contributed by atoms with van der Waals surface area (Å²) in [6.07, 6.45) is 0.298. The van der Waals surface area contributed by atoms with E-state index in [0.717, 1.165) is 5.56 Å². The number of benzene rings is 1. The number of ether oxygens (including phenoxy) is 1. The molecule has 0 bridgehead atoms. The van der Waals surface area contributed by atoms with Crippen molar-refractivity contribution in [2.45, 2.75) is 32.7 Å². The highest BCUT2D eigenvalue weighted by Crippen LogP contribution is 2.20. The maximum Gasteiger partial charge on any atom is 0.323 e. The van der Waals surface area contributed by atoms with Gasteiger partial charge >= 0.3 is 5.97 Å². The van der Waals surface area contributed by atoms with Crippen LogP contribution in [0.2, 0.25) is 0 Å². The van der Waals surface area contributed by atoms with Gasteiger partial charge in [0.25, 0.3) is 0 Å². The van der Waals surface area contributed by atoms with E-state index in [1.807, 2.05) is 13.8 Å². The first kappa shape index (κ1) is 15.4. The average Bonchev–Trinajstić information content (AvgIpc) is 2.33. The van der Waals surface area contributed by atoms with Crippen LogP contribution in [-0.2, 0) is 4.79 Å². The van der Waals surface area contributed by atoms with Crippen LogP contribution in [0.4, 0.5) is 4.39 Å². The Labute approximate surface area is 112 Å². The standard InChI is InChI=1S/C14H20FNO3/c1-4-16-14(3,13(17)18)7-8-19-12-9-11(15)6-5-10(12)2/h5-6,9,16H,4,7-8H2,1-3H3,(H,17,18). The molecular weight excluding hydrogens is 249 g/mol. The van der Waals surface area contributed by atoms with Gasteiger partial charge in [-0.15, -0.1) is 0 Å². The van der Waals surface area contributed by atoms with Crippen LogP contribution in [0.25, 0.3) is 0 Å². The van der Waals surface area contributed by atoms with Crippen molar-refractivity contribution in [1.29, 1.82) is 0 Å². The predicted octanol–water partition coefficient (Wildman–Crippen LogP) is 2.36. The van der Waals surface area contributed by atoms with Gasteiger partial charge in [0.05, 0.1) is 6.61 Å². The molecule has 1 unspecified atom stereocenters. The van der Waals surface area contributed by atoms with Crippen molar-refractivity contribution in [3.63, 3.8) is 0 Å². The summed E-state index contributed by atoms with van der Waals surface area (Å²) in [6.45, 7) is 6.04. The lowest BCUT2D eigenvalue weighted by atomic mass is 9.98. The number of hydrogen-bond acceptors (Lipinski definition) is 3. The Morgan fingerprint density at radius 1 is 1.53 bits per heavy atom. The second kappa shape index (κ2) is 6.52. The zero-order valence-corrected chi connectivity index (χ0v) is 11.5. The molecule has 0 heterocycles. The largest absolute Gasteiger partial charge is 0.493 e. The van der Waals surface area contributed by atoms with Gasteiger partial charge in [0.2, 0.25) is 0 Å². The number of aryl methyl sites for hydroxylation is 1. The van der Waals surface area contributed by atoms with Crippen LogP contribution in [0.15, 0.2) is 18.2 Å². The number of rotatable bonds is 7. The second-order valence-corrected chi connectivity index (χ2v) is 4.68. The van der Waals surface area contributed by atoms with Crippen molar-refractivity contribution in [2.24, 2.45) is 0 Å². The molecule has 0 saturated heterocycles. The lowest BCUT2D eigenvalue weighted by Gasteiger charge is -2.25. The Morgan fingerprint density at radius 3 is 2.79 bits per heavy atom. The van der Waals surface area contributed by atoms with E-state index in [1.165, 1.54) is 12.1 Å². The van der Waals surface area contributed by atoms with Gasteiger partial charge in [-0.05, 0) is 32.0 Å². The normalized spacial score (nSPS) is 13.9. The van der Waals surface area contributed by atoms with Crippen LogP contribution in [0.5, 0.6) is 5.75 Å². The third kappa shape index (κ3) is 4.21. The van der Waals surface area contributed by atoms with Gasteiger partial charge in [-0.25, -0.2) is 4.39 Å². The van der Waals surface area contributed by atoms with Gasteiger partial charge in [0.1, 0.15) is 17.1 Å². The van der Waals surface area contributed by atoms with Crippen molar-refractivity contribution in [3.05, 3.63) is 29.6 Å². The van der Waals surface area contributed by atoms with Crippen molar-refractivity contribution in [2.75, 3.05) is 13.2 Å². The first-order chi connectivity index (χ1) is 8.89. The molecule has 1 aromatic carbocycles. The Hall–Kier alpha value is -1.62. The fourth-order valence-electron chi connectivity index (χ4n) is 1.76. The first-order valence-electron chi connectivity index (χ1n) is 6.26. The maximum absolute atomic E-state index is 13.1. The van der Waals surface area contributed by atoms with Crippen molar-refractivity contribution >= 4 is 5.97 Å². The summed E-state index contributed by atoms with van der Waals surface area (Å²) < 4.78 is 18.5. The number of carboxylic acids is 1. The minimum Gasteiger partial charge on any atom is -0.493 e. The molecule has 5 heteroatoms. The zero-order chi connectivity index (χ0) is 14.5. The Bertz CT molecular complexity index is 450. The van der Waals surface area contributed by atoms with E-state index < -0.39 is 11.5 Å². The van der Waals surface area contributed by atoms with Crippen molar-refractivity contribution in [1.82, 2.24) is 5.32 Å². The molecule has 4 nitrogen and oxygen atoms in total. The monoisotopic (exact) mass is 269 g/mol. The zero-order valence-electron chi connectivity index (χ0n) is 11.5. The molecule has 0 aliphatic carbocycles. The molecule has 0 fully saturated rings. The molecule has 0 aromatic heterocycles. The summed E-state index contributed by atoms with van der Waals surface area (Å²) in [5.74, 6) is -0.841. The van der Waals surface area contributed by atoms with Crippen LogP contribution >= 0.6 is 0 Å². The fourth-order valence-corrected chi connectivity index (χ4v) is 1.76. The van der Waals surface area contributed by atoms with E-state index in [2.05, 4.69) is 5.32 Å². The maximum atomic E-state index is 13.1. The predicted molar refractivity (Wildman–Crippen MR) is 71.0 cm³/mol. The third-order valence-electron chi connectivity index (χ3n) is 3.05. The Balaban J connectivity index is 2.62. The number of likely N-dealkylation sites (N-methyl/N-ethyl adjacent to an activating group) is 1. The van der Waals surface area contributed by atoms with Crippen LogP contribution in [-0.4, -0.2) is 29.8 Å². The van der Waals surface area contributed by atoms with Crippen molar-refractivity contribution < 1.29 is 19.0 Å². The van der Waals surface area contributed by atoms with Gasteiger partial charge in [-0.3, -0.25) is 4.79 Å². The molecule has 1 rings (SSSR count). The lowest BCUT2D eigenvalue weighted by Crippen LogP contribution is -2.50. The number of carboxylic acid groups (broad SMARTS) is 1. The van der Waals surface area contributed by atoms with Gasteiger partial charge in [-0.1, -0.05) is 13.0 Å². The second-order valence-electron chi connectivity index (χ2n) is 4.68. The molecule has 0 saturated carbocycles. The third-order valence-corrected chi connectivity index (χ3v) is 3.05. The summed E-state index contributed by atoms with van der Waals surface area (Å²) in [5.41, 5.74) is -0.211. The lowest BCUT2D eigenvalue weighted by molar-refractivity contribution is -0.144. The van der Waals surface area contributed by atoms with E-state index in [4.69, 9.17) is 4.74 Å². The van der Waals surface area contributed by atoms with Gasteiger partial charge in [-0.2, -0.15) is 0 Å². The van der Waals surface area contributed by atoms with Gasteiger partial charge in [0, 0.05) is 12.5 Å². The molecule has 1 aromatic rings. The molecule has 0 aliphatic heterocycles. The highest BCUT2D eigenvalue weighted by atomic mass is 19.1. The summed E-state index contributed by atoms with van der Waals surface area (Å²) in [6, 6.07) is 4.30. The molecule has 0 spiro atoms. The average molecular weight is 269 g/mol. The van der Waals surface area contributed by atoms with Gasteiger partial charge in [0.15, 0.2) is 0 Å². The van der Waals surface area contributed by atoms with E-state index >= 15 is 0 Å². The molecule has 0 radical (unpaired) electrons. The number of aliphatic carboxylic acids is 1. The van der Waals surface area contributed by atoms with Gasteiger partial charge < -0.3 is 15.2 Å². The summed E-state index contributed by atoms with van der Waals surface area (Å²) in [7, 11) is 0. The Kier molecular flexibility index (Phi) is 5.30. The number of nitrogens with one attached hydrogen (secondary N) is 1. The highest BCUT2D eigenvalue weighted by Gasteiger charge is 2.31. The summed E-state index contributed by atoms with van der Waals surface area (Å²) in [5, 5.41) is 12.1. The first-order valence-corrected chi connectivity index (χ1v) is 6.26. The minimum absolute atomic E-state index is 0.208. The van der Waals surface area contributed by atoms with Crippen LogP contribution < -0.4 is 10.1 Å². The smallest absolute Gasteiger partial charge is 0.323 e. The quantitative estimate of drug-likeness (QED) is 0.797. The van der Waals surface area contributed by atoms with Crippen molar-refractivity contribution in [3.8, 4) is 5.75 Å². The molecular formula is C14H20FNO3. The SMILES string of the molecule is CCNC(C)(CCOc1cc(F)ccc1C)C(=O)O. The van der Waals surface area contributed by atoms with Crippen LogP contribution in [0.1, 0.15) is 25.8 Å². The summed E-state index contributed by atoms with van der Waals surface area (Å²) in [4.78, 5) is 11.2. The van der Waals surface area contributed by atoms with E-state index in [0.29, 0.717) is 18.7 Å². The molecule has 2 N–H and O–H groups in total. The number of carbonyl (C=O) groups is 1. The summed E-state index contributed by atoms with van der Waals surface area (Å²) >= 11 is 0. The number of hydrogen-bond donors (Lipinski definition) is 2. The number of halogens is 1. The van der Waals surface area contributed by atoms with Crippen LogP contribution in [0.3, 0.4) is 0 Å². The highest BCUT2D eigenvalue weighted by molar-refractivity contribution is 5.78. The molecule has 0 amide bonds. The van der Waals surface area contributed by atoms with E-state index in [1.54, 1.807) is 13.0 Å². The Morgan fingerprint density at radius 2 is 2.21 bits per heavy atom. The van der Waals surface area contributed by atoms with E-state index in [-0.39, 0.29) is 12.4 Å². The minimum atomic E-state index is -1.03. The molecule has 106 valence electrons. The molecule has 19 heavy (non-hydrogen) atoms. The fraction of sp³-hybridized carbons (Fsp3) is 0.500. The van der Waals surface area contributed by atoms with Crippen LogP contribution in [0, 0.1) is 12.7 Å². The van der Waals surface area contributed by atoms with E-state index in [9.17, 15) is 14.3 Å².